The van der Waals surface area contributed by atoms with Crippen LogP contribution >= 0.6 is 11.6 Å². The van der Waals surface area contributed by atoms with Crippen LogP contribution in [0, 0.1) is 0 Å². The molecule has 98 valence electrons. The first-order valence-electron chi connectivity index (χ1n) is 6.49. The first kappa shape index (κ1) is 12.9. The van der Waals surface area contributed by atoms with Gasteiger partial charge in [-0.1, -0.05) is 66.2 Å². The number of benzene rings is 3. The van der Waals surface area contributed by atoms with Crippen LogP contribution in [0.3, 0.4) is 0 Å². The molecule has 0 heterocycles. The lowest BCUT2D eigenvalue weighted by Crippen LogP contribution is -2.03. The Balaban J connectivity index is 1.91. The summed E-state index contributed by atoms with van der Waals surface area (Å²) in [5.41, 5.74) is 1.59. The normalized spacial score (nSPS) is 10.7. The highest BCUT2D eigenvalue weighted by atomic mass is 35.5. The molecule has 0 amide bonds. The van der Waals surface area contributed by atoms with Gasteiger partial charge >= 0.3 is 0 Å². The number of fused-ring (bicyclic) bond motifs is 1. The number of rotatable bonds is 3. The Morgan fingerprint density at radius 3 is 2.35 bits per heavy atom. The van der Waals surface area contributed by atoms with Gasteiger partial charge in [0, 0.05) is 17.0 Å². The van der Waals surface area contributed by atoms with Gasteiger partial charge in [-0.2, -0.15) is 0 Å². The molecule has 3 rings (SSSR count). The van der Waals surface area contributed by atoms with Crippen molar-refractivity contribution >= 4 is 28.2 Å². The fourth-order valence-corrected chi connectivity index (χ4v) is 2.48. The molecule has 0 bridgehead atoms. The number of carbonyl (C=O) groups excluding carboxylic acids is 1. The Morgan fingerprint density at radius 1 is 0.850 bits per heavy atom. The van der Waals surface area contributed by atoms with Crippen LogP contribution in [0.2, 0.25) is 5.02 Å². The summed E-state index contributed by atoms with van der Waals surface area (Å²) in [6, 6.07) is 21.3. The van der Waals surface area contributed by atoms with Gasteiger partial charge in [0.05, 0.1) is 0 Å². The van der Waals surface area contributed by atoms with Crippen LogP contribution in [-0.4, -0.2) is 5.78 Å². The van der Waals surface area contributed by atoms with Gasteiger partial charge < -0.3 is 0 Å². The number of ketones is 1. The Labute approximate surface area is 122 Å². The molecule has 0 spiro atoms. The number of Topliss-reactive ketones (excluding diaryl/α,β-unsaturated/α-hetero) is 1. The predicted molar refractivity (Wildman–Crippen MR) is 83.4 cm³/mol. The molecule has 0 aliphatic heterocycles. The van der Waals surface area contributed by atoms with Crippen molar-refractivity contribution in [1.29, 1.82) is 0 Å². The summed E-state index contributed by atoms with van der Waals surface area (Å²) < 4.78 is 0. The van der Waals surface area contributed by atoms with Crippen LogP contribution in [0.25, 0.3) is 10.8 Å². The topological polar surface area (TPSA) is 17.1 Å². The minimum Gasteiger partial charge on any atom is -0.294 e. The molecule has 2 heteroatoms. The largest absolute Gasteiger partial charge is 0.294 e. The van der Waals surface area contributed by atoms with Crippen molar-refractivity contribution in [3.8, 4) is 0 Å². The van der Waals surface area contributed by atoms with E-state index in [0.717, 1.165) is 21.9 Å². The highest BCUT2D eigenvalue weighted by Gasteiger charge is 2.09. The van der Waals surface area contributed by atoms with E-state index < -0.39 is 0 Å². The first-order valence-corrected chi connectivity index (χ1v) is 6.87. The lowest BCUT2D eigenvalue weighted by Gasteiger charge is -2.05. The van der Waals surface area contributed by atoms with Gasteiger partial charge in [0.2, 0.25) is 0 Å². The maximum absolute atomic E-state index is 12.4. The fourth-order valence-electron chi connectivity index (χ4n) is 2.28. The third kappa shape index (κ3) is 2.59. The summed E-state index contributed by atoms with van der Waals surface area (Å²) in [4.78, 5) is 12.4. The molecule has 20 heavy (non-hydrogen) atoms. The summed E-state index contributed by atoms with van der Waals surface area (Å²) in [6.45, 7) is 0. The maximum atomic E-state index is 12.4. The number of halogens is 1. The van der Waals surface area contributed by atoms with Crippen molar-refractivity contribution in [3.05, 3.63) is 82.9 Å². The monoisotopic (exact) mass is 280 g/mol. The summed E-state index contributed by atoms with van der Waals surface area (Å²) in [7, 11) is 0. The first-order chi connectivity index (χ1) is 9.74. The van der Waals surface area contributed by atoms with Crippen molar-refractivity contribution in [2.24, 2.45) is 0 Å². The molecule has 0 aromatic heterocycles. The second kappa shape index (κ2) is 5.48. The summed E-state index contributed by atoms with van der Waals surface area (Å²) in [6.07, 6.45) is 0.331. The second-order valence-electron chi connectivity index (χ2n) is 4.75. The Kier molecular flexibility index (Phi) is 3.53. The molecular weight excluding hydrogens is 268 g/mol. The van der Waals surface area contributed by atoms with Gasteiger partial charge in [-0.25, -0.2) is 0 Å². The van der Waals surface area contributed by atoms with Crippen molar-refractivity contribution in [2.75, 3.05) is 0 Å². The average Bonchev–Trinajstić information content (AvgIpc) is 2.49. The van der Waals surface area contributed by atoms with Crippen molar-refractivity contribution in [1.82, 2.24) is 0 Å². The molecule has 0 unspecified atom stereocenters. The Morgan fingerprint density at radius 2 is 1.55 bits per heavy atom. The molecule has 0 fully saturated rings. The summed E-state index contributed by atoms with van der Waals surface area (Å²) in [5.74, 6) is 0.0869. The quantitative estimate of drug-likeness (QED) is 0.623. The van der Waals surface area contributed by atoms with E-state index in [1.807, 2.05) is 66.7 Å². The minimum atomic E-state index is 0.0869. The van der Waals surface area contributed by atoms with Crippen LogP contribution < -0.4 is 0 Å². The van der Waals surface area contributed by atoms with E-state index in [-0.39, 0.29) is 5.78 Å². The fraction of sp³-hybridized carbons (Fsp3) is 0.0556. The zero-order chi connectivity index (χ0) is 13.9. The summed E-state index contributed by atoms with van der Waals surface area (Å²) >= 11 is 6.10. The Hall–Kier alpha value is -2.12. The maximum Gasteiger partial charge on any atom is 0.167 e. The minimum absolute atomic E-state index is 0.0869. The number of carbonyl (C=O) groups is 1. The van der Waals surface area contributed by atoms with Crippen LogP contribution in [-0.2, 0) is 6.42 Å². The van der Waals surface area contributed by atoms with Gasteiger partial charge in [0.15, 0.2) is 5.78 Å². The van der Waals surface area contributed by atoms with E-state index in [4.69, 9.17) is 11.6 Å². The van der Waals surface area contributed by atoms with E-state index in [1.54, 1.807) is 0 Å². The third-order valence-electron chi connectivity index (χ3n) is 3.38. The average molecular weight is 281 g/mol. The predicted octanol–water partition coefficient (Wildman–Crippen LogP) is 4.92. The molecule has 0 N–H and O–H groups in total. The second-order valence-corrected chi connectivity index (χ2v) is 5.16. The molecule has 0 saturated carbocycles. The van der Waals surface area contributed by atoms with Crippen molar-refractivity contribution in [2.45, 2.75) is 6.42 Å². The summed E-state index contributed by atoms with van der Waals surface area (Å²) in [5, 5.41) is 2.86. The van der Waals surface area contributed by atoms with E-state index in [9.17, 15) is 4.79 Å². The highest BCUT2D eigenvalue weighted by Crippen LogP contribution is 2.20. The molecule has 0 aliphatic carbocycles. The van der Waals surface area contributed by atoms with Crippen molar-refractivity contribution < 1.29 is 4.79 Å². The molecule has 0 atom stereocenters. The zero-order valence-corrected chi connectivity index (χ0v) is 11.6. The van der Waals surface area contributed by atoms with Gasteiger partial charge in [0.1, 0.15) is 0 Å². The van der Waals surface area contributed by atoms with Crippen LogP contribution in [0.5, 0.6) is 0 Å². The zero-order valence-electron chi connectivity index (χ0n) is 10.8. The standard InChI is InChI=1S/C18H13ClO/c19-17-8-4-3-7-15(17)12-18(20)16-10-9-13-5-1-2-6-14(13)11-16/h1-11H,12H2. The third-order valence-corrected chi connectivity index (χ3v) is 3.75. The number of hydrogen-bond acceptors (Lipinski definition) is 1. The molecule has 1 nitrogen and oxygen atoms in total. The van der Waals surface area contributed by atoms with Crippen LogP contribution in [0.1, 0.15) is 15.9 Å². The molecular formula is C18H13ClO. The van der Waals surface area contributed by atoms with Gasteiger partial charge in [-0.05, 0) is 28.5 Å². The van der Waals surface area contributed by atoms with Crippen molar-refractivity contribution in [3.63, 3.8) is 0 Å². The van der Waals surface area contributed by atoms with E-state index in [2.05, 4.69) is 0 Å². The van der Waals surface area contributed by atoms with Crippen LogP contribution in [0.4, 0.5) is 0 Å². The smallest absolute Gasteiger partial charge is 0.167 e. The lowest BCUT2D eigenvalue weighted by molar-refractivity contribution is 0.0993. The van der Waals surface area contributed by atoms with Gasteiger partial charge in [0.25, 0.3) is 0 Å². The SMILES string of the molecule is O=C(Cc1ccccc1Cl)c1ccc2ccccc2c1. The van der Waals surface area contributed by atoms with E-state index >= 15 is 0 Å². The number of hydrogen-bond donors (Lipinski definition) is 0. The highest BCUT2D eigenvalue weighted by molar-refractivity contribution is 6.31. The molecule has 3 aromatic rings. The van der Waals surface area contributed by atoms with Gasteiger partial charge in [-0.15, -0.1) is 0 Å². The molecule has 3 aromatic carbocycles. The molecule has 0 radical (unpaired) electrons. The van der Waals surface area contributed by atoms with Crippen LogP contribution in [0.15, 0.2) is 66.7 Å². The Bertz CT molecular complexity index is 777. The van der Waals surface area contributed by atoms with E-state index in [0.29, 0.717) is 11.4 Å². The molecule has 0 saturated heterocycles. The lowest BCUT2D eigenvalue weighted by atomic mass is 10.00. The van der Waals surface area contributed by atoms with E-state index in [1.165, 1.54) is 0 Å². The molecule has 0 aliphatic rings. The van der Waals surface area contributed by atoms with Gasteiger partial charge in [-0.3, -0.25) is 4.79 Å².